The summed E-state index contributed by atoms with van der Waals surface area (Å²) in [5, 5.41) is 17.9. The lowest BCUT2D eigenvalue weighted by atomic mass is 10.1. The van der Waals surface area contributed by atoms with E-state index in [2.05, 4.69) is 48.3 Å². The number of hydrogen-bond donors (Lipinski definition) is 0. The van der Waals surface area contributed by atoms with Crippen molar-refractivity contribution in [3.63, 3.8) is 0 Å². The van der Waals surface area contributed by atoms with Gasteiger partial charge in [0.05, 0.1) is 23.9 Å². The molecule has 0 aliphatic heterocycles. The van der Waals surface area contributed by atoms with Crippen LogP contribution in [-0.2, 0) is 0 Å². The van der Waals surface area contributed by atoms with Crippen molar-refractivity contribution in [1.29, 1.82) is 5.26 Å². The first-order valence-electron chi connectivity index (χ1n) is 7.91. The third-order valence-corrected chi connectivity index (χ3v) is 4.60. The van der Waals surface area contributed by atoms with Crippen molar-refractivity contribution in [2.75, 3.05) is 12.4 Å². The van der Waals surface area contributed by atoms with Gasteiger partial charge in [0.2, 0.25) is 0 Å². The lowest BCUT2D eigenvalue weighted by molar-refractivity contribution is 0.344. The van der Waals surface area contributed by atoms with Crippen molar-refractivity contribution < 1.29 is 4.74 Å². The molecule has 0 aliphatic rings. The van der Waals surface area contributed by atoms with Crippen LogP contribution in [0.1, 0.15) is 16.7 Å². The first-order valence-corrected chi connectivity index (χ1v) is 8.89. The van der Waals surface area contributed by atoms with E-state index in [-0.39, 0.29) is 0 Å². The first kappa shape index (κ1) is 17.1. The Labute approximate surface area is 151 Å². The van der Waals surface area contributed by atoms with Crippen LogP contribution in [0.4, 0.5) is 0 Å². The number of nitriles is 1. The smallest absolute Gasteiger partial charge is 0.195 e. The SMILES string of the molecule is Cc1ccc(-n2cnnc2SCCOc2ccc(C#N)cc2)c(C)c1. The summed E-state index contributed by atoms with van der Waals surface area (Å²) in [6.07, 6.45) is 1.74. The Kier molecular flexibility index (Phi) is 5.36. The number of benzene rings is 2. The molecule has 1 heterocycles. The molecule has 126 valence electrons. The fourth-order valence-electron chi connectivity index (χ4n) is 2.48. The van der Waals surface area contributed by atoms with Gasteiger partial charge in [-0.3, -0.25) is 4.57 Å². The second-order valence-electron chi connectivity index (χ2n) is 5.61. The number of rotatable bonds is 6. The van der Waals surface area contributed by atoms with Crippen LogP contribution in [0.2, 0.25) is 0 Å². The van der Waals surface area contributed by atoms with Gasteiger partial charge in [0.1, 0.15) is 12.1 Å². The van der Waals surface area contributed by atoms with Crippen molar-refractivity contribution in [2.24, 2.45) is 0 Å². The quantitative estimate of drug-likeness (QED) is 0.498. The summed E-state index contributed by atoms with van der Waals surface area (Å²) in [5.41, 5.74) is 4.14. The third kappa shape index (κ3) is 4.20. The van der Waals surface area contributed by atoms with Crippen molar-refractivity contribution in [1.82, 2.24) is 14.8 Å². The average Bonchev–Trinajstić information content (AvgIpc) is 3.07. The summed E-state index contributed by atoms with van der Waals surface area (Å²) in [6.45, 7) is 4.72. The van der Waals surface area contributed by atoms with Gasteiger partial charge in [-0.2, -0.15) is 5.26 Å². The van der Waals surface area contributed by atoms with Crippen LogP contribution in [0.25, 0.3) is 5.69 Å². The van der Waals surface area contributed by atoms with Gasteiger partial charge >= 0.3 is 0 Å². The molecule has 0 N–H and O–H groups in total. The topological polar surface area (TPSA) is 63.7 Å². The molecule has 0 radical (unpaired) electrons. The second-order valence-corrected chi connectivity index (χ2v) is 6.67. The summed E-state index contributed by atoms with van der Waals surface area (Å²) in [7, 11) is 0. The zero-order valence-electron chi connectivity index (χ0n) is 14.1. The number of hydrogen-bond acceptors (Lipinski definition) is 5. The van der Waals surface area contributed by atoms with Gasteiger partial charge in [-0.15, -0.1) is 10.2 Å². The highest BCUT2D eigenvalue weighted by Crippen LogP contribution is 2.22. The summed E-state index contributed by atoms with van der Waals surface area (Å²) in [6, 6.07) is 15.5. The van der Waals surface area contributed by atoms with Crippen LogP contribution in [-0.4, -0.2) is 27.1 Å². The Balaban J connectivity index is 1.59. The van der Waals surface area contributed by atoms with E-state index < -0.39 is 0 Å². The highest BCUT2D eigenvalue weighted by molar-refractivity contribution is 7.99. The van der Waals surface area contributed by atoms with Crippen LogP contribution in [0, 0.1) is 25.2 Å². The molecule has 6 heteroatoms. The molecule has 0 aliphatic carbocycles. The summed E-state index contributed by atoms with van der Waals surface area (Å²) < 4.78 is 7.70. The van der Waals surface area contributed by atoms with Gasteiger partial charge < -0.3 is 4.74 Å². The molecular weight excluding hydrogens is 332 g/mol. The van der Waals surface area contributed by atoms with Gasteiger partial charge in [-0.1, -0.05) is 29.5 Å². The predicted octanol–water partition coefficient (Wildman–Crippen LogP) is 3.93. The maximum absolute atomic E-state index is 8.79. The van der Waals surface area contributed by atoms with Gasteiger partial charge in [-0.05, 0) is 49.7 Å². The molecule has 2 aromatic carbocycles. The van der Waals surface area contributed by atoms with Crippen LogP contribution in [0.5, 0.6) is 5.75 Å². The van der Waals surface area contributed by atoms with E-state index in [1.807, 2.05) is 4.57 Å². The van der Waals surface area contributed by atoms with Crippen LogP contribution >= 0.6 is 11.8 Å². The Bertz CT molecular complexity index is 897. The van der Waals surface area contributed by atoms with Crippen molar-refractivity contribution >= 4 is 11.8 Å². The van der Waals surface area contributed by atoms with Gasteiger partial charge in [-0.25, -0.2) is 0 Å². The zero-order chi connectivity index (χ0) is 17.6. The van der Waals surface area contributed by atoms with Crippen molar-refractivity contribution in [2.45, 2.75) is 19.0 Å². The molecule has 3 aromatic rings. The third-order valence-electron chi connectivity index (χ3n) is 3.69. The van der Waals surface area contributed by atoms with E-state index in [4.69, 9.17) is 10.00 Å². The zero-order valence-corrected chi connectivity index (χ0v) is 15.0. The molecule has 0 atom stereocenters. The molecule has 0 saturated heterocycles. The molecule has 5 nitrogen and oxygen atoms in total. The van der Waals surface area contributed by atoms with E-state index >= 15 is 0 Å². The molecule has 0 fully saturated rings. The van der Waals surface area contributed by atoms with Gasteiger partial charge in [0.25, 0.3) is 0 Å². The second kappa shape index (κ2) is 7.86. The molecule has 0 spiro atoms. The van der Waals surface area contributed by atoms with Crippen LogP contribution in [0.3, 0.4) is 0 Å². The van der Waals surface area contributed by atoms with E-state index in [1.165, 1.54) is 11.1 Å². The monoisotopic (exact) mass is 350 g/mol. The Morgan fingerprint density at radius 2 is 1.96 bits per heavy atom. The minimum absolute atomic E-state index is 0.552. The molecule has 0 saturated carbocycles. The largest absolute Gasteiger partial charge is 0.493 e. The number of thioether (sulfide) groups is 1. The van der Waals surface area contributed by atoms with Crippen LogP contribution in [0.15, 0.2) is 53.9 Å². The normalized spacial score (nSPS) is 10.4. The van der Waals surface area contributed by atoms with E-state index in [0.29, 0.717) is 12.2 Å². The molecular formula is C19H18N4OS. The Morgan fingerprint density at radius 1 is 1.16 bits per heavy atom. The van der Waals surface area contributed by atoms with Crippen molar-refractivity contribution in [3.8, 4) is 17.5 Å². The molecule has 1 aromatic heterocycles. The van der Waals surface area contributed by atoms with E-state index in [0.717, 1.165) is 22.3 Å². The predicted molar refractivity (Wildman–Crippen MR) is 98.2 cm³/mol. The Hall–Kier alpha value is -2.78. The highest BCUT2D eigenvalue weighted by atomic mass is 32.2. The van der Waals surface area contributed by atoms with E-state index in [9.17, 15) is 0 Å². The maximum atomic E-state index is 8.79. The Morgan fingerprint density at radius 3 is 2.68 bits per heavy atom. The number of aryl methyl sites for hydroxylation is 2. The summed E-state index contributed by atoms with van der Waals surface area (Å²) >= 11 is 1.60. The lowest BCUT2D eigenvalue weighted by Crippen LogP contribution is -2.03. The van der Waals surface area contributed by atoms with E-state index in [1.54, 1.807) is 42.4 Å². The molecule has 0 bridgehead atoms. The van der Waals surface area contributed by atoms with Gasteiger partial charge in [0, 0.05) is 5.75 Å². The standard InChI is InChI=1S/C19H18N4OS/c1-14-3-8-18(15(2)11-14)23-13-21-22-19(23)25-10-9-24-17-6-4-16(12-20)5-7-17/h3-8,11,13H,9-10H2,1-2H3. The number of aromatic nitrogens is 3. The average molecular weight is 350 g/mol. The first-order chi connectivity index (χ1) is 12.2. The molecule has 25 heavy (non-hydrogen) atoms. The lowest BCUT2D eigenvalue weighted by Gasteiger charge is -2.10. The fourth-order valence-corrected chi connectivity index (χ4v) is 3.22. The summed E-state index contributed by atoms with van der Waals surface area (Å²) in [5.74, 6) is 1.51. The molecule has 3 rings (SSSR count). The minimum Gasteiger partial charge on any atom is -0.493 e. The highest BCUT2D eigenvalue weighted by Gasteiger charge is 2.09. The molecule has 0 unspecified atom stereocenters. The van der Waals surface area contributed by atoms with Gasteiger partial charge in [0.15, 0.2) is 5.16 Å². The minimum atomic E-state index is 0.552. The maximum Gasteiger partial charge on any atom is 0.195 e. The fraction of sp³-hybridized carbons (Fsp3) is 0.211. The number of nitrogens with zero attached hydrogens (tertiary/aromatic N) is 4. The van der Waals surface area contributed by atoms with Crippen LogP contribution < -0.4 is 4.74 Å². The molecule has 0 amide bonds. The van der Waals surface area contributed by atoms with Crippen molar-refractivity contribution in [3.05, 3.63) is 65.5 Å². The summed E-state index contributed by atoms with van der Waals surface area (Å²) in [4.78, 5) is 0. The number of ether oxygens (including phenoxy) is 1.